The highest BCUT2D eigenvalue weighted by Gasteiger charge is 2.72. The number of ketones is 1. The molecule has 3 aliphatic heterocycles. The number of hydrogen-bond donors (Lipinski definition) is 3. The number of amides is 2. The number of fused-ring (bicyclic) bond motifs is 7. The zero-order valence-electron chi connectivity index (χ0n) is 29.3. The Hall–Kier alpha value is -4.05. The molecule has 8 rings (SSSR count). The second kappa shape index (κ2) is 12.0. The van der Waals surface area contributed by atoms with E-state index < -0.39 is 40.8 Å². The van der Waals surface area contributed by atoms with Crippen molar-refractivity contribution in [3.05, 3.63) is 90.1 Å². The Kier molecular flexibility index (Phi) is 7.97. The summed E-state index contributed by atoms with van der Waals surface area (Å²) in [5.41, 5.74) is 2.50. The molecule has 3 aromatic rings. The van der Waals surface area contributed by atoms with Crippen LogP contribution in [0.1, 0.15) is 69.1 Å². The van der Waals surface area contributed by atoms with Gasteiger partial charge in [-0.25, -0.2) is 0 Å². The number of rotatable bonds is 6. The van der Waals surface area contributed by atoms with Gasteiger partial charge in [0.05, 0.1) is 17.4 Å². The summed E-state index contributed by atoms with van der Waals surface area (Å²) < 4.78 is 6.80. The van der Waals surface area contributed by atoms with Crippen molar-refractivity contribution in [2.45, 2.75) is 88.9 Å². The minimum Gasteiger partial charge on any atom is -0.361 e. The van der Waals surface area contributed by atoms with Crippen molar-refractivity contribution in [1.29, 1.82) is 0 Å². The van der Waals surface area contributed by atoms with E-state index in [0.717, 1.165) is 47.9 Å². The summed E-state index contributed by atoms with van der Waals surface area (Å²) >= 11 is 0. The number of ether oxygens (including phenoxy) is 1. The normalized spacial score (nSPS) is 34.0. The molecule has 1 aromatic heterocycles. The van der Waals surface area contributed by atoms with Crippen LogP contribution in [0.3, 0.4) is 0 Å². The molecule has 262 valence electrons. The lowest BCUT2D eigenvalue weighted by atomic mass is 9.67. The van der Waals surface area contributed by atoms with Gasteiger partial charge in [-0.2, -0.15) is 0 Å². The SMILES string of the molecule is C=C[C@@]12CCCC[C@H](CC1)C(=O)[C@H](Cc1ccccc1)N1C(=O)[C@@](NC(=O)[C@@H]3C=C4c5cccc6[nH]cc(c56)C[C@H]4N(C)C3)(C(C)C)O[C@]12O. The molecular weight excluding hydrogens is 628 g/mol. The van der Waals surface area contributed by atoms with E-state index in [-0.39, 0.29) is 30.1 Å². The summed E-state index contributed by atoms with van der Waals surface area (Å²) in [6.07, 6.45) is 10.9. The quantitative estimate of drug-likeness (QED) is 0.304. The highest BCUT2D eigenvalue weighted by atomic mass is 16.7. The summed E-state index contributed by atoms with van der Waals surface area (Å²) in [5, 5.41) is 17.3. The number of carbonyl (C=O) groups excluding carboxylic acids is 3. The van der Waals surface area contributed by atoms with Crippen LogP contribution in [0, 0.1) is 23.2 Å². The van der Waals surface area contributed by atoms with Crippen molar-refractivity contribution in [3.8, 4) is 0 Å². The van der Waals surface area contributed by atoms with Gasteiger partial charge in [0.25, 0.3) is 11.8 Å². The molecule has 0 unspecified atom stereocenters. The minimum absolute atomic E-state index is 0.0602. The first kappa shape index (κ1) is 33.1. The third kappa shape index (κ3) is 4.80. The Labute approximate surface area is 293 Å². The van der Waals surface area contributed by atoms with Gasteiger partial charge in [0, 0.05) is 47.9 Å². The highest BCUT2D eigenvalue weighted by molar-refractivity contribution is 6.01. The van der Waals surface area contributed by atoms with E-state index in [0.29, 0.717) is 25.8 Å². The summed E-state index contributed by atoms with van der Waals surface area (Å²) in [5.74, 6) is -4.59. The zero-order chi connectivity index (χ0) is 35.0. The van der Waals surface area contributed by atoms with E-state index in [1.165, 1.54) is 15.8 Å². The van der Waals surface area contributed by atoms with Gasteiger partial charge in [0.2, 0.25) is 11.6 Å². The molecular formula is C41H48N4O5. The van der Waals surface area contributed by atoms with Crippen molar-refractivity contribution in [2.75, 3.05) is 13.6 Å². The fourth-order valence-electron chi connectivity index (χ4n) is 9.71. The van der Waals surface area contributed by atoms with Gasteiger partial charge < -0.3 is 15.4 Å². The fraction of sp³-hybridized carbons (Fsp3) is 0.488. The van der Waals surface area contributed by atoms with Crippen LogP contribution in [0.2, 0.25) is 0 Å². The average Bonchev–Trinajstić information content (AvgIpc) is 3.61. The van der Waals surface area contributed by atoms with Gasteiger partial charge in [-0.1, -0.05) is 81.3 Å². The van der Waals surface area contributed by atoms with Crippen molar-refractivity contribution >= 4 is 34.1 Å². The topological polar surface area (TPSA) is 115 Å². The van der Waals surface area contributed by atoms with E-state index in [9.17, 15) is 14.7 Å². The number of benzene rings is 2. The fourth-order valence-corrected chi connectivity index (χ4v) is 9.71. The number of aliphatic hydroxyl groups is 1. The summed E-state index contributed by atoms with van der Waals surface area (Å²) in [7, 11) is 2.04. The van der Waals surface area contributed by atoms with Crippen LogP contribution in [-0.4, -0.2) is 74.8 Å². The molecule has 1 saturated carbocycles. The molecule has 0 spiro atoms. The lowest BCUT2D eigenvalue weighted by Crippen LogP contribution is -2.65. The van der Waals surface area contributed by atoms with Crippen molar-refractivity contribution < 1.29 is 24.2 Å². The Morgan fingerprint density at radius 3 is 2.68 bits per heavy atom. The minimum atomic E-state index is -2.20. The Balaban J connectivity index is 1.21. The van der Waals surface area contributed by atoms with Crippen LogP contribution >= 0.6 is 0 Å². The van der Waals surface area contributed by atoms with E-state index in [4.69, 9.17) is 4.74 Å². The van der Waals surface area contributed by atoms with Crippen LogP contribution in [0.4, 0.5) is 0 Å². The molecule has 5 aliphatic rings. The van der Waals surface area contributed by atoms with Crippen LogP contribution in [0.25, 0.3) is 16.5 Å². The van der Waals surface area contributed by atoms with Crippen LogP contribution in [-0.2, 0) is 32.0 Å². The molecule has 9 nitrogen and oxygen atoms in total. The Morgan fingerprint density at radius 2 is 1.92 bits per heavy atom. The standard InChI is InChI=1S/C41H48N4O5/c1-5-39-18-10-9-14-27(17-19-39)36(46)34(20-26-12-7-6-8-13-26)45-38(48)40(25(2)3,50-41(39,45)49)43-37(47)29-21-31-30-15-11-16-32-35(30)28(23-42-32)22-33(31)44(4)24-29/h5-8,11-13,15-16,21,23,25,27,29,33-34,42,49H,1,9-10,14,17-20,22,24H2,2-4H3,(H,43,47)/t27-,29-,33-,34+,39-,40-,41+/m1/s1. The molecule has 2 aromatic carbocycles. The maximum absolute atomic E-state index is 15.2. The maximum atomic E-state index is 15.2. The van der Waals surface area contributed by atoms with Crippen molar-refractivity contribution in [2.24, 2.45) is 23.2 Å². The number of H-pyrrole nitrogens is 1. The average molecular weight is 677 g/mol. The van der Waals surface area contributed by atoms with E-state index in [1.54, 1.807) is 6.08 Å². The molecule has 2 saturated heterocycles. The second-order valence-corrected chi connectivity index (χ2v) is 15.6. The molecule has 2 aliphatic carbocycles. The van der Waals surface area contributed by atoms with Crippen LogP contribution in [0.5, 0.6) is 0 Å². The maximum Gasteiger partial charge on any atom is 0.281 e. The van der Waals surface area contributed by atoms with Crippen LogP contribution in [0.15, 0.2) is 73.5 Å². The van der Waals surface area contributed by atoms with Crippen LogP contribution < -0.4 is 5.32 Å². The highest BCUT2D eigenvalue weighted by Crippen LogP contribution is 2.56. The molecule has 7 atom stereocenters. The number of likely N-dealkylation sites (N-methyl/N-ethyl adjacent to an activating group) is 1. The molecule has 3 fully saturated rings. The van der Waals surface area contributed by atoms with Gasteiger partial charge in [-0.05, 0) is 67.5 Å². The summed E-state index contributed by atoms with van der Waals surface area (Å²) in [6, 6.07) is 15.0. The Bertz CT molecular complexity index is 1900. The number of hydrogen-bond acceptors (Lipinski definition) is 6. The van der Waals surface area contributed by atoms with Crippen molar-refractivity contribution in [1.82, 2.24) is 20.1 Å². The number of carbonyl (C=O) groups is 3. The molecule has 2 amide bonds. The second-order valence-electron chi connectivity index (χ2n) is 15.6. The van der Waals surface area contributed by atoms with Gasteiger partial charge in [0.1, 0.15) is 0 Å². The molecule has 2 bridgehead atoms. The van der Waals surface area contributed by atoms with Gasteiger partial charge in [-0.15, -0.1) is 6.58 Å². The van der Waals surface area contributed by atoms with Gasteiger partial charge in [-0.3, -0.25) is 28.9 Å². The third-order valence-corrected chi connectivity index (χ3v) is 12.6. The van der Waals surface area contributed by atoms with E-state index >= 15 is 4.79 Å². The van der Waals surface area contributed by atoms with Gasteiger partial charge >= 0.3 is 0 Å². The smallest absolute Gasteiger partial charge is 0.281 e. The molecule has 50 heavy (non-hydrogen) atoms. The van der Waals surface area contributed by atoms with E-state index in [1.807, 2.05) is 57.3 Å². The predicted molar refractivity (Wildman–Crippen MR) is 191 cm³/mol. The lowest BCUT2D eigenvalue weighted by molar-refractivity contribution is -0.340. The Morgan fingerprint density at radius 1 is 1.12 bits per heavy atom. The number of aromatic amines is 1. The van der Waals surface area contributed by atoms with Gasteiger partial charge in [0.15, 0.2) is 5.78 Å². The molecule has 0 radical (unpaired) electrons. The first-order valence-electron chi connectivity index (χ1n) is 18.3. The number of Topliss-reactive ketones (excluding diaryl/α,β-unsaturated/α-hetero) is 1. The molecule has 3 N–H and O–H groups in total. The number of nitrogens with one attached hydrogen (secondary N) is 2. The number of aromatic nitrogens is 1. The summed E-state index contributed by atoms with van der Waals surface area (Å²) in [4.78, 5) is 51.2. The van der Waals surface area contributed by atoms with E-state index in [2.05, 4.69) is 46.2 Å². The monoisotopic (exact) mass is 676 g/mol. The summed E-state index contributed by atoms with van der Waals surface area (Å²) in [6.45, 7) is 8.29. The lowest BCUT2D eigenvalue weighted by Gasteiger charge is -2.51. The molecule has 9 heteroatoms. The third-order valence-electron chi connectivity index (χ3n) is 12.6. The zero-order valence-corrected chi connectivity index (χ0v) is 29.3. The van der Waals surface area contributed by atoms with Crippen molar-refractivity contribution in [3.63, 3.8) is 0 Å². The first-order valence-corrected chi connectivity index (χ1v) is 18.3. The first-order chi connectivity index (χ1) is 24.0. The largest absolute Gasteiger partial charge is 0.361 e. The number of nitrogens with zero attached hydrogens (tertiary/aromatic N) is 2. The predicted octanol–water partition coefficient (Wildman–Crippen LogP) is 5.35. The molecule has 4 heterocycles.